The maximum absolute atomic E-state index is 12.4. The average molecular weight is 303 g/mol. The molecule has 0 heterocycles. The van der Waals surface area contributed by atoms with Crippen LogP contribution in [0.5, 0.6) is 0 Å². The molecule has 1 aliphatic rings. The third-order valence-electron chi connectivity index (χ3n) is 3.62. The second-order valence-corrected chi connectivity index (χ2v) is 7.50. The van der Waals surface area contributed by atoms with Crippen LogP contribution in [0, 0.1) is 0 Å². The lowest BCUT2D eigenvalue weighted by atomic mass is 9.84. The highest BCUT2D eigenvalue weighted by atomic mass is 35.5. The molecule has 0 spiro atoms. The minimum absolute atomic E-state index is 0.165. The fraction of sp³-hybridized carbons (Fsp3) is 0.538. The summed E-state index contributed by atoms with van der Waals surface area (Å²) in [5, 5.41) is 0.261. The van der Waals surface area contributed by atoms with Crippen LogP contribution in [-0.4, -0.2) is 14.0 Å². The third-order valence-corrected chi connectivity index (χ3v) is 5.58. The van der Waals surface area contributed by atoms with Crippen molar-refractivity contribution >= 4 is 27.3 Å². The molecule has 0 saturated heterocycles. The Labute approximate surface area is 119 Å². The van der Waals surface area contributed by atoms with Crippen LogP contribution in [-0.2, 0) is 10.0 Å². The number of nitrogens with two attached hydrogens (primary N) is 1. The quantitative estimate of drug-likeness (QED) is 0.843. The van der Waals surface area contributed by atoms with Gasteiger partial charge in [-0.2, -0.15) is 0 Å². The van der Waals surface area contributed by atoms with Crippen molar-refractivity contribution in [2.75, 3.05) is 5.73 Å². The monoisotopic (exact) mass is 302 g/mol. The van der Waals surface area contributed by atoms with Gasteiger partial charge in [0.15, 0.2) is 0 Å². The van der Waals surface area contributed by atoms with E-state index in [1.807, 2.05) is 6.92 Å². The molecule has 1 fully saturated rings. The Hall–Kier alpha value is -0.780. The summed E-state index contributed by atoms with van der Waals surface area (Å²) in [7, 11) is -3.55. The first-order valence-corrected chi connectivity index (χ1v) is 8.28. The lowest BCUT2D eigenvalue weighted by molar-refractivity contribution is 0.294. The number of nitrogens with one attached hydrogen (secondary N) is 1. The van der Waals surface area contributed by atoms with Crippen molar-refractivity contribution in [2.24, 2.45) is 0 Å². The number of nitrogen functional groups attached to an aromatic ring is 1. The molecule has 19 heavy (non-hydrogen) atoms. The molecule has 4 nitrogen and oxygen atoms in total. The van der Waals surface area contributed by atoms with Gasteiger partial charge in [0, 0.05) is 5.54 Å². The minimum atomic E-state index is -3.55. The lowest BCUT2D eigenvalue weighted by Crippen LogP contribution is -2.47. The Morgan fingerprint density at radius 1 is 1.26 bits per heavy atom. The number of benzene rings is 1. The number of hydrogen-bond acceptors (Lipinski definition) is 3. The van der Waals surface area contributed by atoms with Crippen LogP contribution < -0.4 is 10.5 Å². The van der Waals surface area contributed by atoms with Gasteiger partial charge in [-0.3, -0.25) is 0 Å². The van der Waals surface area contributed by atoms with Gasteiger partial charge in [-0.05, 0) is 38.0 Å². The van der Waals surface area contributed by atoms with Crippen molar-refractivity contribution in [2.45, 2.75) is 49.5 Å². The smallest absolute Gasteiger partial charge is 0.241 e. The van der Waals surface area contributed by atoms with Crippen molar-refractivity contribution in [1.82, 2.24) is 4.72 Å². The minimum Gasteiger partial charge on any atom is -0.398 e. The zero-order valence-corrected chi connectivity index (χ0v) is 12.5. The van der Waals surface area contributed by atoms with Gasteiger partial charge >= 0.3 is 0 Å². The summed E-state index contributed by atoms with van der Waals surface area (Å²) in [6, 6.07) is 4.39. The Morgan fingerprint density at radius 3 is 2.47 bits per heavy atom. The molecule has 0 bridgehead atoms. The Morgan fingerprint density at radius 2 is 1.89 bits per heavy atom. The number of halogens is 1. The van der Waals surface area contributed by atoms with Crippen molar-refractivity contribution in [1.29, 1.82) is 0 Å². The van der Waals surface area contributed by atoms with E-state index in [2.05, 4.69) is 4.72 Å². The van der Waals surface area contributed by atoms with Crippen molar-refractivity contribution in [3.05, 3.63) is 23.2 Å². The Bertz CT molecular complexity index is 566. The summed E-state index contributed by atoms with van der Waals surface area (Å²) >= 11 is 5.88. The fourth-order valence-electron chi connectivity index (χ4n) is 2.49. The van der Waals surface area contributed by atoms with E-state index in [4.69, 9.17) is 17.3 Å². The van der Waals surface area contributed by atoms with E-state index >= 15 is 0 Å². The molecule has 3 N–H and O–H groups in total. The van der Waals surface area contributed by atoms with Gasteiger partial charge in [-0.25, -0.2) is 13.1 Å². The van der Waals surface area contributed by atoms with Crippen LogP contribution in [0.15, 0.2) is 23.1 Å². The van der Waals surface area contributed by atoms with Gasteiger partial charge in [-0.15, -0.1) is 0 Å². The number of rotatable bonds is 3. The molecule has 1 aliphatic carbocycles. The first kappa shape index (κ1) is 14.6. The SMILES string of the molecule is CC1(NS(=O)(=O)c2ccc(N)c(Cl)c2)CCCCC1. The molecule has 2 rings (SSSR count). The van der Waals surface area contributed by atoms with Crippen molar-refractivity contribution in [3.8, 4) is 0 Å². The van der Waals surface area contributed by atoms with Crippen LogP contribution in [0.1, 0.15) is 39.0 Å². The van der Waals surface area contributed by atoms with Crippen LogP contribution in [0.2, 0.25) is 5.02 Å². The molecule has 0 aromatic heterocycles. The first-order chi connectivity index (χ1) is 8.82. The Balaban J connectivity index is 2.24. The highest BCUT2D eigenvalue weighted by Crippen LogP contribution is 2.30. The maximum atomic E-state index is 12.4. The second-order valence-electron chi connectivity index (χ2n) is 5.41. The van der Waals surface area contributed by atoms with Gasteiger partial charge < -0.3 is 5.73 Å². The lowest BCUT2D eigenvalue weighted by Gasteiger charge is -2.34. The predicted octanol–water partition coefficient (Wildman–Crippen LogP) is 2.92. The number of anilines is 1. The normalized spacial score (nSPS) is 19.3. The van der Waals surface area contributed by atoms with Gasteiger partial charge in [-0.1, -0.05) is 30.9 Å². The second kappa shape index (κ2) is 5.31. The van der Waals surface area contributed by atoms with E-state index in [0.717, 1.165) is 25.7 Å². The highest BCUT2D eigenvalue weighted by Gasteiger charge is 2.32. The molecule has 6 heteroatoms. The summed E-state index contributed by atoms with van der Waals surface area (Å²) in [6.45, 7) is 1.96. The molecule has 0 radical (unpaired) electrons. The van der Waals surface area contributed by atoms with Gasteiger partial charge in [0.25, 0.3) is 0 Å². The van der Waals surface area contributed by atoms with E-state index < -0.39 is 10.0 Å². The topological polar surface area (TPSA) is 72.2 Å². The van der Waals surface area contributed by atoms with Crippen molar-refractivity contribution < 1.29 is 8.42 Å². The van der Waals surface area contributed by atoms with E-state index in [1.165, 1.54) is 24.6 Å². The fourth-order valence-corrected chi connectivity index (χ4v) is 4.23. The molecule has 106 valence electrons. The maximum Gasteiger partial charge on any atom is 0.241 e. The number of sulfonamides is 1. The third kappa shape index (κ3) is 3.41. The molecule has 1 aromatic rings. The molecule has 0 atom stereocenters. The summed E-state index contributed by atoms with van der Waals surface area (Å²) in [5.41, 5.74) is 5.62. The van der Waals surface area contributed by atoms with Crippen LogP contribution in [0.4, 0.5) is 5.69 Å². The molecular formula is C13H19ClN2O2S. The molecule has 1 saturated carbocycles. The summed E-state index contributed by atoms with van der Waals surface area (Å²) < 4.78 is 27.5. The van der Waals surface area contributed by atoms with Gasteiger partial charge in [0.05, 0.1) is 15.6 Å². The number of hydrogen-bond donors (Lipinski definition) is 2. The van der Waals surface area contributed by atoms with E-state index in [9.17, 15) is 8.42 Å². The van der Waals surface area contributed by atoms with Crippen LogP contribution in [0.25, 0.3) is 0 Å². The zero-order chi connectivity index (χ0) is 14.1. The standard InChI is InChI=1S/C13H19ClN2O2S/c1-13(7-3-2-4-8-13)16-19(17,18)10-5-6-12(15)11(14)9-10/h5-6,9,16H,2-4,7-8,15H2,1H3. The van der Waals surface area contributed by atoms with Crippen LogP contribution >= 0.6 is 11.6 Å². The summed E-state index contributed by atoms with van der Waals surface area (Å²) in [5.74, 6) is 0. The van der Waals surface area contributed by atoms with Crippen LogP contribution in [0.3, 0.4) is 0 Å². The van der Waals surface area contributed by atoms with Gasteiger partial charge in [0.1, 0.15) is 0 Å². The average Bonchev–Trinajstić information content (AvgIpc) is 2.32. The first-order valence-electron chi connectivity index (χ1n) is 6.41. The van der Waals surface area contributed by atoms with E-state index in [1.54, 1.807) is 0 Å². The predicted molar refractivity (Wildman–Crippen MR) is 77.7 cm³/mol. The Kier molecular flexibility index (Phi) is 4.08. The molecule has 0 amide bonds. The van der Waals surface area contributed by atoms with E-state index in [0.29, 0.717) is 5.69 Å². The molecule has 1 aromatic carbocycles. The molecule has 0 unspecified atom stereocenters. The highest BCUT2D eigenvalue weighted by molar-refractivity contribution is 7.89. The molecule has 0 aliphatic heterocycles. The summed E-state index contributed by atoms with van der Waals surface area (Å²) in [4.78, 5) is 0.165. The molecular weight excluding hydrogens is 284 g/mol. The van der Waals surface area contributed by atoms with Crippen molar-refractivity contribution in [3.63, 3.8) is 0 Å². The zero-order valence-electron chi connectivity index (χ0n) is 10.9. The van der Waals surface area contributed by atoms with Gasteiger partial charge in [0.2, 0.25) is 10.0 Å². The van der Waals surface area contributed by atoms with E-state index in [-0.39, 0.29) is 15.5 Å². The summed E-state index contributed by atoms with van der Waals surface area (Å²) in [6.07, 6.45) is 5.03. The largest absolute Gasteiger partial charge is 0.398 e.